The molecule has 0 radical (unpaired) electrons. The van der Waals surface area contributed by atoms with Crippen molar-refractivity contribution >= 4 is 27.5 Å². The number of hydrogen-bond acceptors (Lipinski definition) is 3. The van der Waals surface area contributed by atoms with E-state index in [2.05, 4.69) is 21.2 Å². The van der Waals surface area contributed by atoms with Crippen molar-refractivity contribution in [3.63, 3.8) is 0 Å². The zero-order chi connectivity index (χ0) is 16.1. The van der Waals surface area contributed by atoms with E-state index in [0.29, 0.717) is 28.1 Å². The third kappa shape index (κ3) is 3.80. The fourth-order valence-electron chi connectivity index (χ4n) is 2.00. The van der Waals surface area contributed by atoms with E-state index in [1.807, 2.05) is 38.1 Å². The Labute approximate surface area is 138 Å². The second-order valence-electron chi connectivity index (χ2n) is 4.74. The monoisotopic (exact) mass is 363 g/mol. The van der Waals surface area contributed by atoms with Crippen LogP contribution < -0.4 is 14.8 Å². The normalized spacial score (nSPS) is 10.2. The number of anilines is 1. The molecule has 1 amide bonds. The molecule has 0 aliphatic heterocycles. The predicted octanol–water partition coefficient (Wildman–Crippen LogP) is 4.42. The first kappa shape index (κ1) is 16.4. The number of benzene rings is 2. The van der Waals surface area contributed by atoms with E-state index >= 15 is 0 Å². The standard InChI is InChI=1S/C17H18BrNO3/c1-4-22-15-10-12(9-14(18)16(15)21-3)17(20)19-13-7-5-11(2)6-8-13/h5-10H,4H2,1-3H3,(H,19,20). The summed E-state index contributed by atoms with van der Waals surface area (Å²) in [6.45, 7) is 4.37. The molecule has 0 aliphatic rings. The molecule has 0 heterocycles. The number of methoxy groups -OCH3 is 1. The minimum Gasteiger partial charge on any atom is -0.492 e. The maximum atomic E-state index is 12.4. The molecule has 2 rings (SSSR count). The van der Waals surface area contributed by atoms with Crippen molar-refractivity contribution in [2.45, 2.75) is 13.8 Å². The van der Waals surface area contributed by atoms with Crippen LogP contribution in [0.1, 0.15) is 22.8 Å². The summed E-state index contributed by atoms with van der Waals surface area (Å²) >= 11 is 3.41. The molecule has 5 heteroatoms. The van der Waals surface area contributed by atoms with Crippen LogP contribution in [0.3, 0.4) is 0 Å². The minimum atomic E-state index is -0.201. The first-order valence-corrected chi connectivity index (χ1v) is 7.72. The highest BCUT2D eigenvalue weighted by Crippen LogP contribution is 2.36. The Morgan fingerprint density at radius 3 is 2.50 bits per heavy atom. The predicted molar refractivity (Wildman–Crippen MR) is 91.0 cm³/mol. The number of carbonyl (C=O) groups excluding carboxylic acids is 1. The van der Waals surface area contributed by atoms with E-state index in [1.54, 1.807) is 19.2 Å². The number of aryl methyl sites for hydroxylation is 1. The van der Waals surface area contributed by atoms with Gasteiger partial charge in [0.25, 0.3) is 5.91 Å². The largest absolute Gasteiger partial charge is 0.492 e. The summed E-state index contributed by atoms with van der Waals surface area (Å²) < 4.78 is 11.5. The third-order valence-electron chi connectivity index (χ3n) is 3.09. The Morgan fingerprint density at radius 2 is 1.91 bits per heavy atom. The van der Waals surface area contributed by atoms with Gasteiger partial charge in [0.05, 0.1) is 18.2 Å². The van der Waals surface area contributed by atoms with Crippen LogP contribution in [0.15, 0.2) is 40.9 Å². The van der Waals surface area contributed by atoms with E-state index in [4.69, 9.17) is 9.47 Å². The van der Waals surface area contributed by atoms with Gasteiger partial charge in [-0.3, -0.25) is 4.79 Å². The summed E-state index contributed by atoms with van der Waals surface area (Å²) in [5, 5.41) is 2.86. The summed E-state index contributed by atoms with van der Waals surface area (Å²) in [5.74, 6) is 0.912. The van der Waals surface area contributed by atoms with Gasteiger partial charge in [0.1, 0.15) is 0 Å². The van der Waals surface area contributed by atoms with E-state index < -0.39 is 0 Å². The lowest BCUT2D eigenvalue weighted by molar-refractivity contribution is 0.102. The van der Waals surface area contributed by atoms with Gasteiger partial charge in [-0.1, -0.05) is 17.7 Å². The average molecular weight is 364 g/mol. The van der Waals surface area contributed by atoms with E-state index in [-0.39, 0.29) is 5.91 Å². The number of ether oxygens (including phenoxy) is 2. The fraction of sp³-hybridized carbons (Fsp3) is 0.235. The zero-order valence-electron chi connectivity index (χ0n) is 12.8. The molecular formula is C17H18BrNO3. The number of hydrogen-bond donors (Lipinski definition) is 1. The molecule has 0 saturated heterocycles. The second-order valence-corrected chi connectivity index (χ2v) is 5.60. The highest BCUT2D eigenvalue weighted by atomic mass is 79.9. The van der Waals surface area contributed by atoms with Crippen LogP contribution in [0, 0.1) is 6.92 Å². The van der Waals surface area contributed by atoms with Crippen LogP contribution in [-0.2, 0) is 0 Å². The molecule has 2 aromatic carbocycles. The van der Waals surface area contributed by atoms with Crippen molar-refractivity contribution in [2.75, 3.05) is 19.0 Å². The number of rotatable bonds is 5. The summed E-state index contributed by atoms with van der Waals surface area (Å²) in [5.41, 5.74) is 2.39. The Morgan fingerprint density at radius 1 is 1.23 bits per heavy atom. The van der Waals surface area contributed by atoms with Gasteiger partial charge in [0, 0.05) is 11.3 Å². The van der Waals surface area contributed by atoms with E-state index in [9.17, 15) is 4.79 Å². The Kier molecular flexibility index (Phi) is 5.44. The molecule has 2 aromatic rings. The van der Waals surface area contributed by atoms with Crippen molar-refractivity contribution in [1.29, 1.82) is 0 Å². The van der Waals surface area contributed by atoms with Crippen molar-refractivity contribution in [2.24, 2.45) is 0 Å². The molecule has 22 heavy (non-hydrogen) atoms. The topological polar surface area (TPSA) is 47.6 Å². The lowest BCUT2D eigenvalue weighted by atomic mass is 10.1. The second kappa shape index (κ2) is 7.31. The van der Waals surface area contributed by atoms with Gasteiger partial charge in [-0.2, -0.15) is 0 Å². The van der Waals surface area contributed by atoms with Crippen molar-refractivity contribution in [1.82, 2.24) is 0 Å². The Bertz CT molecular complexity index is 668. The van der Waals surface area contributed by atoms with Crippen molar-refractivity contribution in [3.05, 3.63) is 52.0 Å². The first-order chi connectivity index (χ1) is 10.5. The van der Waals surface area contributed by atoms with Crippen LogP contribution >= 0.6 is 15.9 Å². The average Bonchev–Trinajstić information content (AvgIpc) is 2.49. The molecule has 1 N–H and O–H groups in total. The summed E-state index contributed by atoms with van der Waals surface area (Å²) in [6, 6.07) is 11.0. The van der Waals surface area contributed by atoms with Gasteiger partial charge in [-0.25, -0.2) is 0 Å². The fourth-order valence-corrected chi connectivity index (χ4v) is 2.60. The molecular weight excluding hydrogens is 346 g/mol. The van der Waals surface area contributed by atoms with Gasteiger partial charge < -0.3 is 14.8 Å². The molecule has 116 valence electrons. The molecule has 0 spiro atoms. The molecule has 0 bridgehead atoms. The van der Waals surface area contributed by atoms with Gasteiger partial charge in [-0.05, 0) is 54.0 Å². The van der Waals surface area contributed by atoms with Crippen LogP contribution in [0.25, 0.3) is 0 Å². The molecule has 0 aliphatic carbocycles. The van der Waals surface area contributed by atoms with Crippen LogP contribution in [-0.4, -0.2) is 19.6 Å². The van der Waals surface area contributed by atoms with E-state index in [0.717, 1.165) is 11.3 Å². The molecule has 4 nitrogen and oxygen atoms in total. The van der Waals surface area contributed by atoms with Crippen LogP contribution in [0.4, 0.5) is 5.69 Å². The maximum absolute atomic E-state index is 12.4. The lowest BCUT2D eigenvalue weighted by Gasteiger charge is -2.13. The quantitative estimate of drug-likeness (QED) is 0.855. The van der Waals surface area contributed by atoms with Gasteiger partial charge in [0.15, 0.2) is 11.5 Å². The van der Waals surface area contributed by atoms with Crippen LogP contribution in [0.2, 0.25) is 0 Å². The summed E-state index contributed by atoms with van der Waals surface area (Å²) in [4.78, 5) is 12.4. The number of carbonyl (C=O) groups is 1. The molecule has 0 fully saturated rings. The molecule has 0 aromatic heterocycles. The Balaban J connectivity index is 2.27. The van der Waals surface area contributed by atoms with Crippen molar-refractivity contribution in [3.8, 4) is 11.5 Å². The highest BCUT2D eigenvalue weighted by molar-refractivity contribution is 9.10. The van der Waals surface area contributed by atoms with Gasteiger partial charge in [0.2, 0.25) is 0 Å². The zero-order valence-corrected chi connectivity index (χ0v) is 14.4. The smallest absolute Gasteiger partial charge is 0.255 e. The third-order valence-corrected chi connectivity index (χ3v) is 3.67. The number of amides is 1. The molecule has 0 atom stereocenters. The maximum Gasteiger partial charge on any atom is 0.255 e. The Hall–Kier alpha value is -2.01. The van der Waals surface area contributed by atoms with Gasteiger partial charge in [-0.15, -0.1) is 0 Å². The highest BCUT2D eigenvalue weighted by Gasteiger charge is 2.15. The number of nitrogens with one attached hydrogen (secondary N) is 1. The van der Waals surface area contributed by atoms with E-state index in [1.165, 1.54) is 0 Å². The molecule has 0 unspecified atom stereocenters. The molecule has 0 saturated carbocycles. The SMILES string of the molecule is CCOc1cc(C(=O)Nc2ccc(C)cc2)cc(Br)c1OC. The lowest BCUT2D eigenvalue weighted by Crippen LogP contribution is -2.12. The van der Waals surface area contributed by atoms with Crippen LogP contribution in [0.5, 0.6) is 11.5 Å². The minimum absolute atomic E-state index is 0.201. The van der Waals surface area contributed by atoms with Crippen molar-refractivity contribution < 1.29 is 14.3 Å². The first-order valence-electron chi connectivity index (χ1n) is 6.93. The summed E-state index contributed by atoms with van der Waals surface area (Å²) in [7, 11) is 1.56. The summed E-state index contributed by atoms with van der Waals surface area (Å²) in [6.07, 6.45) is 0. The number of halogens is 1. The van der Waals surface area contributed by atoms with Gasteiger partial charge >= 0.3 is 0 Å².